The predicted molar refractivity (Wildman–Crippen MR) is 77.7 cm³/mol. The maximum atomic E-state index is 2.23. The molecule has 0 nitrogen and oxygen atoms in total. The number of hydrogen-bond acceptors (Lipinski definition) is 1. The van der Waals surface area contributed by atoms with Crippen LogP contribution in [-0.4, -0.2) is 6.26 Å². The molecule has 0 atom stereocenters. The Hall–Kier alpha value is -1.21. The molecule has 0 aliphatic carbocycles. The van der Waals surface area contributed by atoms with Crippen LogP contribution in [0.3, 0.4) is 0 Å². The SMILES string of the molecule is CSc1ccccc1-c1ccc(C(C)C)cc1. The van der Waals surface area contributed by atoms with E-state index in [9.17, 15) is 0 Å². The maximum absolute atomic E-state index is 2.23. The van der Waals surface area contributed by atoms with Gasteiger partial charge in [0.05, 0.1) is 0 Å². The highest BCUT2D eigenvalue weighted by molar-refractivity contribution is 7.98. The Morgan fingerprint density at radius 2 is 1.53 bits per heavy atom. The summed E-state index contributed by atoms with van der Waals surface area (Å²) in [6.45, 7) is 4.45. The van der Waals surface area contributed by atoms with Crippen molar-refractivity contribution in [3.05, 3.63) is 54.1 Å². The van der Waals surface area contributed by atoms with Crippen molar-refractivity contribution in [1.82, 2.24) is 0 Å². The second-order valence-electron chi connectivity index (χ2n) is 4.48. The second-order valence-corrected chi connectivity index (χ2v) is 5.33. The molecule has 0 spiro atoms. The topological polar surface area (TPSA) is 0 Å². The van der Waals surface area contributed by atoms with E-state index in [4.69, 9.17) is 0 Å². The zero-order valence-corrected chi connectivity index (χ0v) is 11.4. The van der Waals surface area contributed by atoms with Crippen LogP contribution in [0.25, 0.3) is 11.1 Å². The fourth-order valence-corrected chi connectivity index (χ4v) is 2.55. The first-order valence-corrected chi connectivity index (χ1v) is 7.18. The molecule has 0 saturated heterocycles. The van der Waals surface area contributed by atoms with E-state index in [0.717, 1.165) is 0 Å². The van der Waals surface area contributed by atoms with Gasteiger partial charge in [-0.2, -0.15) is 0 Å². The molecule has 0 amide bonds. The van der Waals surface area contributed by atoms with Crippen molar-refractivity contribution < 1.29 is 0 Å². The van der Waals surface area contributed by atoms with Crippen molar-refractivity contribution in [2.24, 2.45) is 0 Å². The average Bonchev–Trinajstić information content (AvgIpc) is 2.39. The molecule has 2 aromatic rings. The van der Waals surface area contributed by atoms with Crippen molar-refractivity contribution in [2.75, 3.05) is 6.26 Å². The third-order valence-corrected chi connectivity index (χ3v) is 3.79. The molecule has 17 heavy (non-hydrogen) atoms. The van der Waals surface area contributed by atoms with E-state index >= 15 is 0 Å². The summed E-state index contributed by atoms with van der Waals surface area (Å²) in [5, 5.41) is 0. The summed E-state index contributed by atoms with van der Waals surface area (Å²) in [6, 6.07) is 17.5. The molecule has 2 rings (SSSR count). The summed E-state index contributed by atoms with van der Waals surface area (Å²) in [6.07, 6.45) is 2.13. The largest absolute Gasteiger partial charge is 0.129 e. The highest BCUT2D eigenvalue weighted by Gasteiger charge is 2.04. The quantitative estimate of drug-likeness (QED) is 0.667. The van der Waals surface area contributed by atoms with E-state index in [1.807, 2.05) is 0 Å². The second kappa shape index (κ2) is 5.42. The van der Waals surface area contributed by atoms with Crippen molar-refractivity contribution in [3.63, 3.8) is 0 Å². The lowest BCUT2D eigenvalue weighted by molar-refractivity contribution is 0.867. The molecule has 0 saturated carbocycles. The normalized spacial score (nSPS) is 10.8. The Kier molecular flexibility index (Phi) is 3.90. The van der Waals surface area contributed by atoms with Crippen LogP contribution in [0.4, 0.5) is 0 Å². The van der Waals surface area contributed by atoms with Crippen LogP contribution in [0.2, 0.25) is 0 Å². The van der Waals surface area contributed by atoms with Gasteiger partial charge in [0.15, 0.2) is 0 Å². The first-order chi connectivity index (χ1) is 8.22. The lowest BCUT2D eigenvalue weighted by Gasteiger charge is -2.09. The van der Waals surface area contributed by atoms with Gasteiger partial charge in [0.2, 0.25) is 0 Å². The highest BCUT2D eigenvalue weighted by atomic mass is 32.2. The summed E-state index contributed by atoms with van der Waals surface area (Å²) in [5.74, 6) is 0.597. The molecule has 88 valence electrons. The molecule has 0 aliphatic rings. The fourth-order valence-electron chi connectivity index (χ4n) is 1.93. The van der Waals surface area contributed by atoms with Gasteiger partial charge in [0, 0.05) is 4.90 Å². The first kappa shape index (κ1) is 12.3. The molecule has 0 aliphatic heterocycles. The Labute approximate surface area is 108 Å². The van der Waals surface area contributed by atoms with E-state index in [-0.39, 0.29) is 0 Å². The van der Waals surface area contributed by atoms with E-state index in [1.165, 1.54) is 21.6 Å². The van der Waals surface area contributed by atoms with Crippen LogP contribution < -0.4 is 0 Å². The molecule has 0 aromatic heterocycles. The molecule has 0 unspecified atom stereocenters. The highest BCUT2D eigenvalue weighted by Crippen LogP contribution is 2.30. The third kappa shape index (κ3) is 2.73. The van der Waals surface area contributed by atoms with Gasteiger partial charge in [-0.3, -0.25) is 0 Å². The van der Waals surface area contributed by atoms with Gasteiger partial charge in [0.25, 0.3) is 0 Å². The number of rotatable bonds is 3. The van der Waals surface area contributed by atoms with Gasteiger partial charge in [-0.15, -0.1) is 11.8 Å². The number of hydrogen-bond donors (Lipinski definition) is 0. The minimum atomic E-state index is 0.597. The lowest BCUT2D eigenvalue weighted by Crippen LogP contribution is -1.87. The monoisotopic (exact) mass is 242 g/mol. The predicted octanol–water partition coefficient (Wildman–Crippen LogP) is 5.20. The average molecular weight is 242 g/mol. The minimum absolute atomic E-state index is 0.597. The Morgan fingerprint density at radius 1 is 0.882 bits per heavy atom. The molecule has 0 fully saturated rings. The van der Waals surface area contributed by atoms with Crippen LogP contribution in [0.1, 0.15) is 25.3 Å². The third-order valence-electron chi connectivity index (χ3n) is 3.00. The van der Waals surface area contributed by atoms with Gasteiger partial charge in [-0.05, 0) is 34.9 Å². The van der Waals surface area contributed by atoms with Gasteiger partial charge < -0.3 is 0 Å². The van der Waals surface area contributed by atoms with Crippen LogP contribution in [0, 0.1) is 0 Å². The fraction of sp³-hybridized carbons (Fsp3) is 0.250. The summed E-state index contributed by atoms with van der Waals surface area (Å²) in [5.41, 5.74) is 4.03. The van der Waals surface area contributed by atoms with Gasteiger partial charge in [-0.1, -0.05) is 56.3 Å². The van der Waals surface area contributed by atoms with Crippen molar-refractivity contribution in [1.29, 1.82) is 0 Å². The summed E-state index contributed by atoms with van der Waals surface area (Å²) in [7, 11) is 0. The van der Waals surface area contributed by atoms with E-state index < -0.39 is 0 Å². The maximum Gasteiger partial charge on any atom is 0.0148 e. The molecule has 0 bridgehead atoms. The smallest absolute Gasteiger partial charge is 0.0148 e. The molecular formula is C16H18S. The summed E-state index contributed by atoms with van der Waals surface area (Å²) < 4.78 is 0. The van der Waals surface area contributed by atoms with E-state index in [2.05, 4.69) is 68.6 Å². The van der Waals surface area contributed by atoms with Crippen LogP contribution in [-0.2, 0) is 0 Å². The molecule has 1 heteroatoms. The Balaban J connectivity index is 2.40. The summed E-state index contributed by atoms with van der Waals surface area (Å²) >= 11 is 1.80. The van der Waals surface area contributed by atoms with Crippen molar-refractivity contribution >= 4 is 11.8 Å². The zero-order valence-electron chi connectivity index (χ0n) is 10.6. The molecule has 0 heterocycles. The molecule has 2 aromatic carbocycles. The van der Waals surface area contributed by atoms with E-state index in [1.54, 1.807) is 11.8 Å². The standard InChI is InChI=1S/C16H18S/c1-12(2)13-8-10-14(11-9-13)15-6-4-5-7-16(15)17-3/h4-12H,1-3H3. The molecular weight excluding hydrogens is 224 g/mol. The summed E-state index contributed by atoms with van der Waals surface area (Å²) in [4.78, 5) is 1.34. The number of benzene rings is 2. The van der Waals surface area contributed by atoms with Crippen LogP contribution >= 0.6 is 11.8 Å². The van der Waals surface area contributed by atoms with Crippen molar-refractivity contribution in [3.8, 4) is 11.1 Å². The van der Waals surface area contributed by atoms with E-state index in [0.29, 0.717) is 5.92 Å². The van der Waals surface area contributed by atoms with Crippen molar-refractivity contribution in [2.45, 2.75) is 24.7 Å². The first-order valence-electron chi connectivity index (χ1n) is 5.95. The van der Waals surface area contributed by atoms with Gasteiger partial charge >= 0.3 is 0 Å². The Bertz CT molecular complexity index is 483. The Morgan fingerprint density at radius 3 is 2.12 bits per heavy atom. The van der Waals surface area contributed by atoms with Gasteiger partial charge in [-0.25, -0.2) is 0 Å². The minimum Gasteiger partial charge on any atom is -0.129 e. The van der Waals surface area contributed by atoms with Gasteiger partial charge in [0.1, 0.15) is 0 Å². The number of thioether (sulfide) groups is 1. The zero-order chi connectivity index (χ0) is 12.3. The lowest BCUT2D eigenvalue weighted by atomic mass is 9.99. The molecule has 0 radical (unpaired) electrons. The molecule has 0 N–H and O–H groups in total. The van der Waals surface area contributed by atoms with Crippen LogP contribution in [0.5, 0.6) is 0 Å². The van der Waals surface area contributed by atoms with Crippen LogP contribution in [0.15, 0.2) is 53.4 Å².